The molecular weight excluding hydrogens is 278 g/mol. The van der Waals surface area contributed by atoms with Gasteiger partial charge < -0.3 is 20.5 Å². The monoisotopic (exact) mass is 297 g/mol. The van der Waals surface area contributed by atoms with E-state index in [9.17, 15) is 0 Å². The van der Waals surface area contributed by atoms with E-state index in [1.54, 1.807) is 7.11 Å². The van der Waals surface area contributed by atoms with Crippen LogP contribution in [0.4, 0.5) is 17.1 Å². The third-order valence-corrected chi connectivity index (χ3v) is 3.54. The molecule has 0 saturated carbocycles. The number of anilines is 2. The fourth-order valence-corrected chi connectivity index (χ4v) is 2.40. The predicted molar refractivity (Wildman–Crippen MR) is 89.3 cm³/mol. The highest BCUT2D eigenvalue weighted by Crippen LogP contribution is 2.34. The van der Waals surface area contributed by atoms with Gasteiger partial charge >= 0.3 is 0 Å². The van der Waals surface area contributed by atoms with Crippen molar-refractivity contribution < 1.29 is 9.47 Å². The molecule has 0 radical (unpaired) electrons. The van der Waals surface area contributed by atoms with Crippen molar-refractivity contribution >= 4 is 22.9 Å². The third kappa shape index (κ3) is 2.70. The van der Waals surface area contributed by atoms with Gasteiger partial charge in [-0.15, -0.1) is 0 Å². The number of rotatable bonds is 3. The second-order valence-electron chi connectivity index (χ2n) is 5.06. The van der Waals surface area contributed by atoms with E-state index in [1.807, 2.05) is 42.5 Å². The minimum atomic E-state index is -0.124. The summed E-state index contributed by atoms with van der Waals surface area (Å²) in [7, 11) is 1.64. The van der Waals surface area contributed by atoms with E-state index in [0.717, 1.165) is 35.1 Å². The Bertz CT molecular complexity index is 713. The first kappa shape index (κ1) is 14.3. The molecule has 2 aromatic rings. The van der Waals surface area contributed by atoms with E-state index in [1.165, 1.54) is 0 Å². The van der Waals surface area contributed by atoms with Crippen LogP contribution in [0.25, 0.3) is 0 Å². The molecule has 0 spiro atoms. The number of hydrogen-bond donors (Lipinski definition) is 2. The largest absolute Gasteiger partial charge is 0.494 e. The average Bonchev–Trinajstić information content (AvgIpc) is 2.54. The number of para-hydroxylation sites is 2. The van der Waals surface area contributed by atoms with Crippen LogP contribution in [0.2, 0.25) is 0 Å². The molecule has 0 bridgehead atoms. The maximum absolute atomic E-state index is 6.00. The summed E-state index contributed by atoms with van der Waals surface area (Å²) in [6.07, 6.45) is 0.686. The second kappa shape index (κ2) is 5.97. The molecule has 1 atom stereocenters. The lowest BCUT2D eigenvalue weighted by atomic mass is 10.1. The van der Waals surface area contributed by atoms with Gasteiger partial charge in [-0.05, 0) is 36.8 Å². The van der Waals surface area contributed by atoms with Gasteiger partial charge in [0.1, 0.15) is 23.0 Å². The maximum Gasteiger partial charge on any atom is 0.156 e. The van der Waals surface area contributed by atoms with Crippen molar-refractivity contribution in [3.8, 4) is 11.5 Å². The quantitative estimate of drug-likeness (QED) is 0.849. The Morgan fingerprint density at radius 2 is 2.09 bits per heavy atom. The maximum atomic E-state index is 6.00. The zero-order valence-corrected chi connectivity index (χ0v) is 12.7. The molecular formula is C17H19N3O2. The van der Waals surface area contributed by atoms with Crippen molar-refractivity contribution in [3.05, 3.63) is 42.5 Å². The molecule has 0 amide bonds. The third-order valence-electron chi connectivity index (χ3n) is 3.54. The van der Waals surface area contributed by atoms with Gasteiger partial charge in [0.15, 0.2) is 6.10 Å². The van der Waals surface area contributed by atoms with Crippen LogP contribution >= 0.6 is 0 Å². The molecule has 1 aliphatic rings. The van der Waals surface area contributed by atoms with Gasteiger partial charge in [-0.25, -0.2) is 4.99 Å². The molecule has 0 fully saturated rings. The highest BCUT2D eigenvalue weighted by atomic mass is 16.5. The Kier molecular flexibility index (Phi) is 3.87. The summed E-state index contributed by atoms with van der Waals surface area (Å²) in [5, 5.41) is 3.33. The van der Waals surface area contributed by atoms with Crippen LogP contribution in [0.1, 0.15) is 13.3 Å². The van der Waals surface area contributed by atoms with Crippen molar-refractivity contribution in [2.45, 2.75) is 19.4 Å². The van der Waals surface area contributed by atoms with Crippen LogP contribution in [-0.4, -0.2) is 19.0 Å². The highest BCUT2D eigenvalue weighted by molar-refractivity contribution is 6.03. The second-order valence-corrected chi connectivity index (χ2v) is 5.06. The molecule has 114 valence electrons. The van der Waals surface area contributed by atoms with Gasteiger partial charge in [0.05, 0.1) is 12.8 Å². The lowest BCUT2D eigenvalue weighted by Crippen LogP contribution is -2.36. The van der Waals surface area contributed by atoms with Crippen LogP contribution in [0.5, 0.6) is 11.5 Å². The Balaban J connectivity index is 2.00. The number of fused-ring (bicyclic) bond motifs is 1. The molecule has 3 N–H and O–H groups in total. The van der Waals surface area contributed by atoms with Gasteiger partial charge in [0.25, 0.3) is 0 Å². The summed E-state index contributed by atoms with van der Waals surface area (Å²) in [5.74, 6) is 2.27. The lowest BCUT2D eigenvalue weighted by Gasteiger charge is -2.28. The van der Waals surface area contributed by atoms with Crippen LogP contribution in [0, 0.1) is 0 Å². The van der Waals surface area contributed by atoms with E-state index < -0.39 is 0 Å². The van der Waals surface area contributed by atoms with Crippen molar-refractivity contribution in [1.82, 2.24) is 0 Å². The molecule has 2 aromatic carbocycles. The number of aliphatic imine (C=N–C) groups is 1. The molecule has 0 aromatic heterocycles. The van der Waals surface area contributed by atoms with E-state index in [2.05, 4.69) is 17.2 Å². The first-order valence-corrected chi connectivity index (χ1v) is 7.26. The molecule has 22 heavy (non-hydrogen) atoms. The number of hydrogen-bond acceptors (Lipinski definition) is 4. The fraction of sp³-hybridized carbons (Fsp3) is 0.235. The molecule has 0 aliphatic carbocycles. The number of nitrogens with zero attached hydrogens (tertiary/aromatic N) is 1. The van der Waals surface area contributed by atoms with Crippen LogP contribution in [0.3, 0.4) is 0 Å². The van der Waals surface area contributed by atoms with Gasteiger partial charge in [-0.1, -0.05) is 19.1 Å². The lowest BCUT2D eigenvalue weighted by molar-refractivity contribution is 0.259. The summed E-state index contributed by atoms with van der Waals surface area (Å²) >= 11 is 0. The average molecular weight is 297 g/mol. The number of methoxy groups -OCH3 is 1. The Labute approximate surface area is 129 Å². The molecule has 3 rings (SSSR count). The molecule has 1 aliphatic heterocycles. The van der Waals surface area contributed by atoms with Gasteiger partial charge in [0, 0.05) is 5.69 Å². The number of nitrogens with two attached hydrogens (primary N) is 1. The highest BCUT2D eigenvalue weighted by Gasteiger charge is 2.24. The first-order valence-electron chi connectivity index (χ1n) is 7.26. The minimum absolute atomic E-state index is 0.124. The molecule has 5 nitrogen and oxygen atoms in total. The molecule has 1 unspecified atom stereocenters. The predicted octanol–water partition coefficient (Wildman–Crippen LogP) is 3.59. The number of nitrogens with one attached hydrogen (secondary N) is 1. The number of nitrogen functional groups attached to an aromatic ring is 1. The first-order chi connectivity index (χ1) is 10.7. The van der Waals surface area contributed by atoms with Crippen molar-refractivity contribution in [2.75, 3.05) is 18.2 Å². The Hall–Kier alpha value is -2.69. The fourth-order valence-electron chi connectivity index (χ4n) is 2.40. The van der Waals surface area contributed by atoms with E-state index in [0.29, 0.717) is 5.69 Å². The molecule has 5 heteroatoms. The van der Waals surface area contributed by atoms with Crippen molar-refractivity contribution in [2.24, 2.45) is 4.99 Å². The van der Waals surface area contributed by atoms with Gasteiger partial charge in [-0.2, -0.15) is 0 Å². The van der Waals surface area contributed by atoms with Gasteiger partial charge in [0.2, 0.25) is 0 Å². The summed E-state index contributed by atoms with van der Waals surface area (Å²) in [5.41, 5.74) is 8.12. The summed E-state index contributed by atoms with van der Waals surface area (Å²) in [6.45, 7) is 2.06. The van der Waals surface area contributed by atoms with Gasteiger partial charge in [-0.3, -0.25) is 0 Å². The topological polar surface area (TPSA) is 68.9 Å². The number of ether oxygens (including phenoxy) is 2. The summed E-state index contributed by atoms with van der Waals surface area (Å²) < 4.78 is 11.4. The number of benzene rings is 2. The standard InChI is InChI=1S/C17H19N3O2/c1-3-14-17(19-12-6-4-5-7-15(12)21-2)20-13-10-11(18)8-9-16(13)22-14/h4-10,14H,3,18H2,1-2H3,(H,19,20). The van der Waals surface area contributed by atoms with Crippen molar-refractivity contribution in [3.63, 3.8) is 0 Å². The van der Waals surface area contributed by atoms with E-state index in [4.69, 9.17) is 15.2 Å². The zero-order valence-electron chi connectivity index (χ0n) is 12.7. The van der Waals surface area contributed by atoms with Crippen molar-refractivity contribution in [1.29, 1.82) is 0 Å². The zero-order chi connectivity index (χ0) is 15.5. The smallest absolute Gasteiger partial charge is 0.156 e. The Morgan fingerprint density at radius 1 is 1.27 bits per heavy atom. The summed E-state index contributed by atoms with van der Waals surface area (Å²) in [6, 6.07) is 13.2. The van der Waals surface area contributed by atoms with Crippen LogP contribution in [-0.2, 0) is 0 Å². The Morgan fingerprint density at radius 3 is 2.86 bits per heavy atom. The van der Waals surface area contributed by atoms with Crippen LogP contribution < -0.4 is 20.5 Å². The SMILES string of the molecule is CCC1Oc2ccc(N)cc2NC1=Nc1ccccc1OC. The normalized spacial score (nSPS) is 18.3. The molecule has 0 saturated heterocycles. The summed E-state index contributed by atoms with van der Waals surface area (Å²) in [4.78, 5) is 4.68. The van der Waals surface area contributed by atoms with Crippen LogP contribution in [0.15, 0.2) is 47.5 Å². The van der Waals surface area contributed by atoms with E-state index in [-0.39, 0.29) is 6.10 Å². The molecule has 1 heterocycles. The number of amidine groups is 1. The minimum Gasteiger partial charge on any atom is -0.494 e. The van der Waals surface area contributed by atoms with E-state index >= 15 is 0 Å².